The van der Waals surface area contributed by atoms with Crippen molar-refractivity contribution in [3.05, 3.63) is 92.0 Å². The van der Waals surface area contributed by atoms with Crippen LogP contribution in [0.2, 0.25) is 0 Å². The number of amides is 4. The van der Waals surface area contributed by atoms with Gasteiger partial charge < -0.3 is 0 Å². The molecule has 16 heteroatoms. The molecule has 0 saturated heterocycles. The Kier molecular flexibility index (Phi) is 7.58. The van der Waals surface area contributed by atoms with E-state index < -0.39 is 95.1 Å². The van der Waals surface area contributed by atoms with Gasteiger partial charge in [-0.3, -0.25) is 24.5 Å². The average molecular weight is 696 g/mol. The zero-order chi connectivity index (χ0) is 36.3. The highest BCUT2D eigenvalue weighted by Gasteiger charge is 2.73. The number of sulfonamides is 1. The molecule has 4 amide bonds. The third-order valence-corrected chi connectivity index (χ3v) is 9.92. The van der Waals surface area contributed by atoms with Gasteiger partial charge in [-0.15, -0.1) is 0 Å². The molecule has 0 saturated carbocycles. The van der Waals surface area contributed by atoms with Crippen LogP contribution in [0.5, 0.6) is 0 Å². The van der Waals surface area contributed by atoms with E-state index >= 15 is 0 Å². The fraction of sp³-hybridized carbons (Fsp3) is 0.312. The van der Waals surface area contributed by atoms with Crippen molar-refractivity contribution >= 4 is 39.3 Å². The first kappa shape index (κ1) is 34.8. The van der Waals surface area contributed by atoms with E-state index in [2.05, 4.69) is 0 Å². The quantitative estimate of drug-likeness (QED) is 0.267. The van der Waals surface area contributed by atoms with Crippen molar-refractivity contribution in [1.29, 1.82) is 0 Å². The number of primary sulfonamides is 1. The number of nitrogens with zero attached hydrogens (tertiary/aromatic N) is 1. The molecule has 0 aromatic heterocycles. The second-order valence-electron chi connectivity index (χ2n) is 12.7. The molecule has 2 heterocycles. The van der Waals surface area contributed by atoms with E-state index in [4.69, 9.17) is 5.14 Å². The molecule has 0 atom stereocenters. The number of carbonyl (C=O) groups excluding carboxylic acids is 4. The molecule has 0 spiro atoms. The van der Waals surface area contributed by atoms with Crippen LogP contribution in [0.25, 0.3) is 0 Å². The molecule has 48 heavy (non-hydrogen) atoms. The van der Waals surface area contributed by atoms with Gasteiger partial charge in [0.25, 0.3) is 23.6 Å². The molecule has 2 aliphatic rings. The summed E-state index contributed by atoms with van der Waals surface area (Å²) in [5.74, 6) is -4.62. The van der Waals surface area contributed by atoms with Gasteiger partial charge in [0.2, 0.25) is 15.4 Å². The Hall–Kier alpha value is -4.57. The smallest absolute Gasteiger partial charge is 0.288 e. The maximum absolute atomic E-state index is 15.0. The zero-order valence-corrected chi connectivity index (χ0v) is 26.9. The maximum atomic E-state index is 15.0. The largest absolute Gasteiger partial charge is 0.411 e. The topological polar surface area (TPSA) is 144 Å². The zero-order valence-electron chi connectivity index (χ0n) is 26.1. The normalized spacial score (nSPS) is 15.6. The summed E-state index contributed by atoms with van der Waals surface area (Å²) >= 11 is 0. The number of imide groups is 2. The lowest BCUT2D eigenvalue weighted by molar-refractivity contribution is -0.288. The number of carbonyl (C=O) groups is 4. The van der Waals surface area contributed by atoms with Gasteiger partial charge in [-0.1, -0.05) is 32.9 Å². The molecule has 0 unspecified atom stereocenters. The van der Waals surface area contributed by atoms with E-state index in [-0.39, 0.29) is 22.4 Å². The van der Waals surface area contributed by atoms with E-state index in [0.717, 1.165) is 0 Å². The fourth-order valence-electron chi connectivity index (χ4n) is 7.13. The van der Waals surface area contributed by atoms with Crippen LogP contribution >= 0.6 is 0 Å². The molecule has 0 bridgehead atoms. The minimum absolute atomic E-state index is 0.124. The summed E-state index contributed by atoms with van der Waals surface area (Å²) in [5, 5.41) is 7.33. The van der Waals surface area contributed by atoms with Crippen molar-refractivity contribution < 1.29 is 53.9 Å². The van der Waals surface area contributed by atoms with E-state index in [1.807, 2.05) is 5.32 Å². The first-order valence-corrected chi connectivity index (χ1v) is 15.7. The van der Waals surface area contributed by atoms with Gasteiger partial charge in [-0.2, -0.15) is 26.3 Å². The Morgan fingerprint density at radius 3 is 1.60 bits per heavy atom. The lowest BCUT2D eigenvalue weighted by atomic mass is 9.71. The lowest BCUT2D eigenvalue weighted by Crippen LogP contribution is -2.55. The summed E-state index contributed by atoms with van der Waals surface area (Å²) in [6.45, 7) is 9.47. The molecule has 3 aromatic rings. The van der Waals surface area contributed by atoms with Crippen molar-refractivity contribution in [3.63, 3.8) is 0 Å². The summed E-state index contributed by atoms with van der Waals surface area (Å²) in [7, 11) is -4.47. The highest BCUT2D eigenvalue weighted by Crippen LogP contribution is 2.57. The van der Waals surface area contributed by atoms with Gasteiger partial charge in [-0.05, 0) is 83.8 Å². The molecule has 0 fully saturated rings. The highest BCUT2D eigenvalue weighted by atomic mass is 32.2. The van der Waals surface area contributed by atoms with Crippen molar-refractivity contribution in [1.82, 2.24) is 5.32 Å². The molecular weight excluding hydrogens is 668 g/mol. The van der Waals surface area contributed by atoms with Gasteiger partial charge in [-0.25, -0.2) is 18.5 Å². The van der Waals surface area contributed by atoms with E-state index in [0.29, 0.717) is 46.9 Å². The number of hydrogen-bond acceptors (Lipinski definition) is 6. The van der Waals surface area contributed by atoms with E-state index in [9.17, 15) is 53.9 Å². The molecule has 9 nitrogen and oxygen atoms in total. The van der Waals surface area contributed by atoms with Crippen LogP contribution in [0.4, 0.5) is 32.0 Å². The molecule has 254 valence electrons. The van der Waals surface area contributed by atoms with Crippen LogP contribution in [0.1, 0.15) is 95.6 Å². The molecule has 3 N–H and O–H groups in total. The lowest BCUT2D eigenvalue weighted by Gasteiger charge is -2.38. The maximum Gasteiger partial charge on any atom is 0.411 e. The molecular formula is C32H27F6N3O6S. The third-order valence-electron chi connectivity index (χ3n) is 8.74. The van der Waals surface area contributed by atoms with Crippen molar-refractivity contribution in [2.45, 2.75) is 69.6 Å². The van der Waals surface area contributed by atoms with Crippen LogP contribution in [-0.2, 0) is 20.9 Å². The number of benzene rings is 3. The predicted molar refractivity (Wildman–Crippen MR) is 159 cm³/mol. The average Bonchev–Trinajstić information content (AvgIpc) is 3.32. The van der Waals surface area contributed by atoms with Gasteiger partial charge in [0.15, 0.2) is 0 Å². The molecule has 0 radical (unpaired) electrons. The summed E-state index contributed by atoms with van der Waals surface area (Å²) < 4.78 is 115. The number of halogens is 6. The minimum Gasteiger partial charge on any atom is -0.288 e. The van der Waals surface area contributed by atoms with Crippen molar-refractivity contribution in [3.8, 4) is 0 Å². The monoisotopic (exact) mass is 695 g/mol. The molecule has 5 rings (SSSR count). The standard InChI is InChI=1S/C32H27F6N3O6S/c1-13-22(29(4,5)6)14(2)24(48(39,46)47)15(3)23(13)41-27(44)19-10-8-17(12-21(19)28(41)45)30(31(33,34)35,32(36,37)38)16-7-9-18-20(11-16)26(43)40-25(18)42/h7-12H,1-6H3,(H2,39,46,47)(H,40,42,43). The number of nitrogens with two attached hydrogens (primary N) is 1. The number of alkyl halides is 6. The van der Waals surface area contributed by atoms with Gasteiger partial charge in [0.05, 0.1) is 32.8 Å². The summed E-state index contributed by atoms with van der Waals surface area (Å²) in [6.07, 6.45) is -12.3. The van der Waals surface area contributed by atoms with Crippen LogP contribution in [0, 0.1) is 20.8 Å². The second kappa shape index (κ2) is 10.5. The Labute approximate surface area is 270 Å². The van der Waals surface area contributed by atoms with Gasteiger partial charge >= 0.3 is 12.4 Å². The summed E-state index contributed by atoms with van der Waals surface area (Å²) in [5.41, 5.74) is -10.5. The Balaban J connectivity index is 1.79. The van der Waals surface area contributed by atoms with Crippen LogP contribution in [0.15, 0.2) is 41.3 Å². The Morgan fingerprint density at radius 2 is 1.12 bits per heavy atom. The van der Waals surface area contributed by atoms with Crippen molar-refractivity contribution in [2.75, 3.05) is 4.90 Å². The SMILES string of the molecule is Cc1c(N2C(=O)c3ccc(C(c4ccc5c(c4)C(=O)NC5=O)(C(F)(F)F)C(F)(F)F)cc3C2=O)c(C)c(S(N)(=O)=O)c(C)c1C(C)(C)C. The molecule has 2 aliphatic heterocycles. The van der Waals surface area contributed by atoms with Crippen molar-refractivity contribution in [2.24, 2.45) is 5.14 Å². The van der Waals surface area contributed by atoms with Crippen LogP contribution in [-0.4, -0.2) is 44.4 Å². The number of nitrogens with one attached hydrogen (secondary N) is 1. The summed E-state index contributed by atoms with van der Waals surface area (Å²) in [6, 6.07) is 2.80. The number of fused-ring (bicyclic) bond motifs is 2. The minimum atomic E-state index is -6.13. The number of anilines is 1. The molecule has 3 aromatic carbocycles. The Bertz CT molecular complexity index is 2100. The first-order chi connectivity index (χ1) is 21.8. The first-order valence-electron chi connectivity index (χ1n) is 14.1. The third kappa shape index (κ3) is 4.75. The Morgan fingerprint density at radius 1 is 0.667 bits per heavy atom. The van der Waals surface area contributed by atoms with Gasteiger partial charge in [0, 0.05) is 0 Å². The number of rotatable bonds is 4. The fourth-order valence-corrected chi connectivity index (χ4v) is 8.18. The second-order valence-corrected chi connectivity index (χ2v) is 14.2. The van der Waals surface area contributed by atoms with Crippen LogP contribution < -0.4 is 15.4 Å². The summed E-state index contributed by atoms with van der Waals surface area (Å²) in [4.78, 5) is 52.0. The predicted octanol–water partition coefficient (Wildman–Crippen LogP) is 5.65. The van der Waals surface area contributed by atoms with E-state index in [1.165, 1.54) is 20.8 Å². The molecule has 0 aliphatic carbocycles. The van der Waals surface area contributed by atoms with E-state index in [1.54, 1.807) is 20.8 Å². The van der Waals surface area contributed by atoms with Crippen LogP contribution in [0.3, 0.4) is 0 Å². The highest BCUT2D eigenvalue weighted by molar-refractivity contribution is 7.89. The van der Waals surface area contributed by atoms with Gasteiger partial charge in [0.1, 0.15) is 0 Å². The number of hydrogen-bond donors (Lipinski definition) is 2.